The normalized spacial score (nSPS) is 12.2. The molecule has 7 heteroatoms. The van der Waals surface area contributed by atoms with Crippen LogP contribution in [0.2, 0.25) is 0 Å². The van der Waals surface area contributed by atoms with E-state index in [-0.39, 0.29) is 11.9 Å². The zero-order valence-corrected chi connectivity index (χ0v) is 16.6. The molecular formula is C20H30N4O3. The smallest absolute Gasteiger partial charge is 0.226 e. The Morgan fingerprint density at radius 1 is 1.30 bits per heavy atom. The lowest BCUT2D eigenvalue weighted by Crippen LogP contribution is -2.34. The van der Waals surface area contributed by atoms with E-state index in [1.54, 1.807) is 12.0 Å². The van der Waals surface area contributed by atoms with Gasteiger partial charge in [0.25, 0.3) is 0 Å². The van der Waals surface area contributed by atoms with E-state index in [4.69, 9.17) is 15.0 Å². The molecule has 0 spiro atoms. The molecule has 0 saturated carbocycles. The second kappa shape index (κ2) is 10.1. The minimum absolute atomic E-state index is 0.112. The maximum atomic E-state index is 12.2. The Morgan fingerprint density at radius 3 is 2.63 bits per heavy atom. The molecule has 2 aromatic rings. The summed E-state index contributed by atoms with van der Waals surface area (Å²) in [4.78, 5) is 18.4. The Labute approximate surface area is 160 Å². The molecule has 1 aromatic heterocycles. The molecule has 1 unspecified atom stereocenters. The van der Waals surface area contributed by atoms with Gasteiger partial charge in [-0.05, 0) is 43.0 Å². The highest BCUT2D eigenvalue weighted by Gasteiger charge is 2.14. The number of benzene rings is 1. The molecule has 148 valence electrons. The third-order valence-electron chi connectivity index (χ3n) is 4.68. The van der Waals surface area contributed by atoms with Gasteiger partial charge in [0.15, 0.2) is 0 Å². The Morgan fingerprint density at radius 2 is 2.00 bits per heavy atom. The fourth-order valence-corrected chi connectivity index (χ4v) is 2.60. The Hall–Kier alpha value is -2.41. The molecule has 1 heterocycles. The monoisotopic (exact) mass is 374 g/mol. The van der Waals surface area contributed by atoms with Crippen molar-refractivity contribution in [2.75, 3.05) is 20.7 Å². The van der Waals surface area contributed by atoms with Crippen LogP contribution in [0.15, 0.2) is 28.8 Å². The van der Waals surface area contributed by atoms with Crippen LogP contribution in [0.3, 0.4) is 0 Å². The standard InChI is InChI=1S/C20H30N4O3/c1-14(2)17(21)12-13-24(3)19(25)7-5-6-18-22-20(23-27-18)15-8-10-16(26-4)11-9-15/h8-11,14,17H,5-7,12-13,21H2,1-4H3. The van der Waals surface area contributed by atoms with Crippen LogP contribution in [0.4, 0.5) is 0 Å². The second-order valence-electron chi connectivity index (χ2n) is 7.11. The summed E-state index contributed by atoms with van der Waals surface area (Å²) in [5.74, 6) is 2.39. The van der Waals surface area contributed by atoms with Crippen molar-refractivity contribution in [3.63, 3.8) is 0 Å². The van der Waals surface area contributed by atoms with Crippen molar-refractivity contribution in [1.29, 1.82) is 0 Å². The first kappa shape index (κ1) is 20.9. The fourth-order valence-electron chi connectivity index (χ4n) is 2.60. The second-order valence-corrected chi connectivity index (χ2v) is 7.11. The van der Waals surface area contributed by atoms with Crippen molar-refractivity contribution >= 4 is 5.91 Å². The first-order valence-electron chi connectivity index (χ1n) is 9.37. The van der Waals surface area contributed by atoms with Gasteiger partial charge >= 0.3 is 0 Å². The van der Waals surface area contributed by atoms with E-state index in [1.807, 2.05) is 31.3 Å². The third kappa shape index (κ3) is 6.36. The molecule has 0 aliphatic heterocycles. The molecule has 7 nitrogen and oxygen atoms in total. The number of amides is 1. The van der Waals surface area contributed by atoms with E-state index in [2.05, 4.69) is 24.0 Å². The van der Waals surface area contributed by atoms with Crippen molar-refractivity contribution < 1.29 is 14.1 Å². The molecule has 27 heavy (non-hydrogen) atoms. The number of aryl methyl sites for hydroxylation is 1. The highest BCUT2D eigenvalue weighted by Crippen LogP contribution is 2.20. The largest absolute Gasteiger partial charge is 0.497 e. The molecule has 0 radical (unpaired) electrons. The van der Waals surface area contributed by atoms with Crippen molar-refractivity contribution in [3.05, 3.63) is 30.2 Å². The first-order valence-corrected chi connectivity index (χ1v) is 9.37. The van der Waals surface area contributed by atoms with Gasteiger partial charge < -0.3 is 19.9 Å². The van der Waals surface area contributed by atoms with E-state index in [1.165, 1.54) is 0 Å². The molecule has 2 N–H and O–H groups in total. The van der Waals surface area contributed by atoms with Crippen molar-refractivity contribution in [1.82, 2.24) is 15.0 Å². The van der Waals surface area contributed by atoms with Crippen molar-refractivity contribution in [2.45, 2.75) is 45.6 Å². The van der Waals surface area contributed by atoms with Crippen LogP contribution in [-0.4, -0.2) is 47.7 Å². The molecule has 0 fully saturated rings. The minimum atomic E-state index is 0.112. The molecule has 1 amide bonds. The number of nitrogens with zero attached hydrogens (tertiary/aromatic N) is 3. The summed E-state index contributed by atoms with van der Waals surface area (Å²) < 4.78 is 10.4. The van der Waals surface area contributed by atoms with Gasteiger partial charge in [-0.15, -0.1) is 0 Å². The quantitative estimate of drug-likeness (QED) is 0.687. The number of aromatic nitrogens is 2. The van der Waals surface area contributed by atoms with Gasteiger partial charge in [0.05, 0.1) is 7.11 Å². The highest BCUT2D eigenvalue weighted by atomic mass is 16.5. The van der Waals surface area contributed by atoms with Crippen LogP contribution >= 0.6 is 0 Å². The summed E-state index contributed by atoms with van der Waals surface area (Å²) in [7, 11) is 3.45. The van der Waals surface area contributed by atoms with Gasteiger partial charge in [-0.25, -0.2) is 0 Å². The predicted molar refractivity (Wildman–Crippen MR) is 104 cm³/mol. The molecule has 0 saturated heterocycles. The van der Waals surface area contributed by atoms with Crippen LogP contribution in [-0.2, 0) is 11.2 Å². The number of methoxy groups -OCH3 is 1. The summed E-state index contributed by atoms with van der Waals surface area (Å²) in [6.07, 6.45) is 2.51. The van der Waals surface area contributed by atoms with Crippen LogP contribution in [0.5, 0.6) is 5.75 Å². The zero-order chi connectivity index (χ0) is 19.8. The molecule has 0 aliphatic rings. The van der Waals surface area contributed by atoms with Crippen LogP contribution in [0.25, 0.3) is 11.4 Å². The number of nitrogens with two attached hydrogens (primary N) is 1. The van der Waals surface area contributed by atoms with Crippen LogP contribution in [0.1, 0.15) is 39.0 Å². The predicted octanol–water partition coefficient (Wildman–Crippen LogP) is 2.90. The Kier molecular flexibility index (Phi) is 7.79. The van der Waals surface area contributed by atoms with Crippen molar-refractivity contribution in [2.24, 2.45) is 11.7 Å². The molecule has 0 aliphatic carbocycles. The molecule has 1 atom stereocenters. The van der Waals surface area contributed by atoms with Gasteiger partial charge in [-0.1, -0.05) is 19.0 Å². The fraction of sp³-hybridized carbons (Fsp3) is 0.550. The SMILES string of the molecule is COc1ccc(-c2noc(CCCC(=O)N(C)CCC(N)C(C)C)n2)cc1. The summed E-state index contributed by atoms with van der Waals surface area (Å²) in [6, 6.07) is 7.59. The summed E-state index contributed by atoms with van der Waals surface area (Å²) in [5, 5.41) is 4.00. The third-order valence-corrected chi connectivity index (χ3v) is 4.68. The minimum Gasteiger partial charge on any atom is -0.497 e. The molecule has 2 rings (SSSR count). The number of hydrogen-bond acceptors (Lipinski definition) is 6. The maximum absolute atomic E-state index is 12.2. The summed E-state index contributed by atoms with van der Waals surface area (Å²) in [6.45, 7) is 4.87. The molecule has 0 bridgehead atoms. The van der Waals surface area contributed by atoms with E-state index in [9.17, 15) is 4.79 Å². The van der Waals surface area contributed by atoms with E-state index >= 15 is 0 Å². The topological polar surface area (TPSA) is 94.5 Å². The highest BCUT2D eigenvalue weighted by molar-refractivity contribution is 5.75. The number of carbonyl (C=O) groups is 1. The number of hydrogen-bond donors (Lipinski definition) is 1. The molecular weight excluding hydrogens is 344 g/mol. The lowest BCUT2D eigenvalue weighted by atomic mass is 10.0. The Balaban J connectivity index is 1.76. The summed E-state index contributed by atoms with van der Waals surface area (Å²) >= 11 is 0. The molecule has 1 aromatic carbocycles. The first-order chi connectivity index (χ1) is 12.9. The zero-order valence-electron chi connectivity index (χ0n) is 16.6. The van der Waals surface area contributed by atoms with Gasteiger partial charge in [-0.3, -0.25) is 4.79 Å². The van der Waals surface area contributed by atoms with Gasteiger partial charge in [0.2, 0.25) is 17.6 Å². The van der Waals surface area contributed by atoms with Crippen LogP contribution in [0, 0.1) is 5.92 Å². The number of carbonyl (C=O) groups excluding carboxylic acids is 1. The lowest BCUT2D eigenvalue weighted by Gasteiger charge is -2.21. The van der Waals surface area contributed by atoms with Gasteiger partial charge in [0, 0.05) is 38.0 Å². The van der Waals surface area contributed by atoms with Gasteiger partial charge in [0.1, 0.15) is 5.75 Å². The van der Waals surface area contributed by atoms with E-state index in [0.29, 0.717) is 43.4 Å². The Bertz CT molecular complexity index is 712. The van der Waals surface area contributed by atoms with E-state index < -0.39 is 0 Å². The average molecular weight is 374 g/mol. The number of ether oxygens (including phenoxy) is 1. The lowest BCUT2D eigenvalue weighted by molar-refractivity contribution is -0.130. The van der Waals surface area contributed by atoms with Crippen LogP contribution < -0.4 is 10.5 Å². The average Bonchev–Trinajstić information content (AvgIpc) is 3.14. The van der Waals surface area contributed by atoms with Crippen molar-refractivity contribution in [3.8, 4) is 17.1 Å². The van der Waals surface area contributed by atoms with E-state index in [0.717, 1.165) is 17.7 Å². The van der Waals surface area contributed by atoms with Gasteiger partial charge in [-0.2, -0.15) is 4.98 Å². The maximum Gasteiger partial charge on any atom is 0.226 e. The number of rotatable bonds is 10. The summed E-state index contributed by atoms with van der Waals surface area (Å²) in [5.41, 5.74) is 6.90.